The normalized spacial score (nSPS) is 17.7. The average Bonchev–Trinajstić information content (AvgIpc) is 3.01. The summed E-state index contributed by atoms with van der Waals surface area (Å²) < 4.78 is 46.4. The predicted octanol–water partition coefficient (Wildman–Crippen LogP) is 4.20. The number of carbonyl (C=O) groups is 2. The zero-order chi connectivity index (χ0) is 22.1. The number of amides is 2. The van der Waals surface area contributed by atoms with E-state index in [-0.39, 0.29) is 23.4 Å². The number of likely N-dealkylation sites (tertiary alicyclic amines) is 1. The Labute approximate surface area is 171 Å². The number of aromatic amines is 1. The molecule has 1 unspecified atom stereocenters. The predicted molar refractivity (Wildman–Crippen MR) is 103 cm³/mol. The van der Waals surface area contributed by atoms with Crippen molar-refractivity contribution in [3.8, 4) is 5.75 Å². The summed E-state index contributed by atoms with van der Waals surface area (Å²) in [4.78, 5) is 29.4. The highest BCUT2D eigenvalue weighted by Crippen LogP contribution is 2.27. The Kier molecular flexibility index (Phi) is 5.87. The largest absolute Gasteiger partial charge is 0.573 e. The number of aromatic nitrogens is 1. The quantitative estimate of drug-likeness (QED) is 0.769. The standard InChI is InChI=1S/C20H24F3N3O4/c1-19(2,3)30-18(28)24-13-5-4-8-26(11-13)17(27)16-10-12-9-14(29-20(21,22)23)6-7-15(12)25-16/h6-7,9-10,13,25H,4-5,8,11H2,1-3H3,(H,24,28). The average molecular weight is 427 g/mol. The van der Waals surface area contributed by atoms with E-state index in [0.29, 0.717) is 36.8 Å². The van der Waals surface area contributed by atoms with E-state index in [1.54, 1.807) is 25.7 Å². The van der Waals surface area contributed by atoms with E-state index in [0.717, 1.165) is 0 Å². The number of hydrogen-bond acceptors (Lipinski definition) is 4. The minimum Gasteiger partial charge on any atom is -0.444 e. The molecule has 0 radical (unpaired) electrons. The maximum atomic E-state index is 12.9. The summed E-state index contributed by atoms with van der Waals surface area (Å²) in [5.41, 5.74) is 0.160. The molecule has 164 valence electrons. The van der Waals surface area contributed by atoms with E-state index in [9.17, 15) is 22.8 Å². The van der Waals surface area contributed by atoms with Gasteiger partial charge in [0, 0.05) is 30.0 Å². The Morgan fingerprint density at radius 1 is 1.20 bits per heavy atom. The number of benzene rings is 1. The number of alkyl carbamates (subject to hydrolysis) is 1. The van der Waals surface area contributed by atoms with Crippen LogP contribution in [0, 0.1) is 0 Å². The van der Waals surface area contributed by atoms with Crippen molar-refractivity contribution >= 4 is 22.9 Å². The third-order valence-electron chi connectivity index (χ3n) is 4.49. The molecule has 2 amide bonds. The van der Waals surface area contributed by atoms with Crippen molar-refractivity contribution in [2.24, 2.45) is 0 Å². The highest BCUT2D eigenvalue weighted by Gasteiger charge is 2.31. The number of H-pyrrole nitrogens is 1. The Hall–Kier alpha value is -2.91. The molecule has 2 heterocycles. The third-order valence-corrected chi connectivity index (χ3v) is 4.49. The van der Waals surface area contributed by atoms with Gasteiger partial charge in [0.15, 0.2) is 0 Å². The number of carbonyl (C=O) groups excluding carboxylic acids is 2. The molecule has 10 heteroatoms. The van der Waals surface area contributed by atoms with Crippen molar-refractivity contribution in [1.82, 2.24) is 15.2 Å². The summed E-state index contributed by atoms with van der Waals surface area (Å²) in [6, 6.07) is 5.08. The molecule has 0 spiro atoms. The number of nitrogens with one attached hydrogen (secondary N) is 2. The topological polar surface area (TPSA) is 83.7 Å². The first-order valence-corrected chi connectivity index (χ1v) is 9.57. The molecule has 1 aliphatic rings. The van der Waals surface area contributed by atoms with Crippen LogP contribution in [-0.4, -0.2) is 53.0 Å². The fourth-order valence-electron chi connectivity index (χ4n) is 3.35. The number of alkyl halides is 3. The van der Waals surface area contributed by atoms with Gasteiger partial charge in [0.2, 0.25) is 0 Å². The van der Waals surface area contributed by atoms with Crippen molar-refractivity contribution < 1.29 is 32.2 Å². The molecule has 0 aliphatic carbocycles. The lowest BCUT2D eigenvalue weighted by Crippen LogP contribution is -2.50. The maximum absolute atomic E-state index is 12.9. The second kappa shape index (κ2) is 8.08. The van der Waals surface area contributed by atoms with Gasteiger partial charge < -0.3 is 24.7 Å². The summed E-state index contributed by atoms with van der Waals surface area (Å²) >= 11 is 0. The molecule has 2 N–H and O–H groups in total. The van der Waals surface area contributed by atoms with E-state index < -0.39 is 18.1 Å². The van der Waals surface area contributed by atoms with Gasteiger partial charge in [-0.15, -0.1) is 13.2 Å². The molecule has 1 atom stereocenters. The fraction of sp³-hybridized carbons (Fsp3) is 0.500. The molecular formula is C20H24F3N3O4. The zero-order valence-electron chi connectivity index (χ0n) is 16.9. The third kappa shape index (κ3) is 5.80. The lowest BCUT2D eigenvalue weighted by atomic mass is 10.1. The Balaban J connectivity index is 1.68. The number of rotatable bonds is 3. The highest BCUT2D eigenvalue weighted by atomic mass is 19.4. The van der Waals surface area contributed by atoms with Crippen LogP contribution in [0.2, 0.25) is 0 Å². The molecule has 0 bridgehead atoms. The number of fused-ring (bicyclic) bond motifs is 1. The van der Waals surface area contributed by atoms with Crippen LogP contribution < -0.4 is 10.1 Å². The second-order valence-corrected chi connectivity index (χ2v) is 8.22. The molecule has 0 saturated carbocycles. The molecule has 30 heavy (non-hydrogen) atoms. The summed E-state index contributed by atoms with van der Waals surface area (Å²) in [7, 11) is 0. The smallest absolute Gasteiger partial charge is 0.444 e. The molecule has 1 saturated heterocycles. The Morgan fingerprint density at radius 2 is 1.93 bits per heavy atom. The van der Waals surface area contributed by atoms with E-state index in [2.05, 4.69) is 15.0 Å². The first-order chi connectivity index (χ1) is 13.9. The number of hydrogen-bond donors (Lipinski definition) is 2. The van der Waals surface area contributed by atoms with E-state index in [1.165, 1.54) is 24.3 Å². The van der Waals surface area contributed by atoms with Gasteiger partial charge in [-0.05, 0) is 57.9 Å². The SMILES string of the molecule is CC(C)(C)OC(=O)NC1CCCN(C(=O)c2cc3cc(OC(F)(F)F)ccc3[nH]2)C1. The van der Waals surface area contributed by atoms with Gasteiger partial charge in [0.1, 0.15) is 17.0 Å². The van der Waals surface area contributed by atoms with Crippen molar-refractivity contribution in [2.75, 3.05) is 13.1 Å². The van der Waals surface area contributed by atoms with E-state index in [1.807, 2.05) is 0 Å². The number of halogens is 3. The molecular weight excluding hydrogens is 403 g/mol. The summed E-state index contributed by atoms with van der Waals surface area (Å²) in [6.45, 7) is 6.14. The minimum atomic E-state index is -4.79. The molecule has 1 aliphatic heterocycles. The van der Waals surface area contributed by atoms with Gasteiger partial charge >= 0.3 is 12.5 Å². The van der Waals surface area contributed by atoms with Crippen LogP contribution in [0.1, 0.15) is 44.1 Å². The van der Waals surface area contributed by atoms with Crippen molar-refractivity contribution in [1.29, 1.82) is 0 Å². The molecule has 7 nitrogen and oxygen atoms in total. The summed E-state index contributed by atoms with van der Waals surface area (Å²) in [5, 5.41) is 3.21. The van der Waals surface area contributed by atoms with Crippen LogP contribution in [-0.2, 0) is 4.74 Å². The highest BCUT2D eigenvalue weighted by molar-refractivity contribution is 5.98. The van der Waals surface area contributed by atoms with Gasteiger partial charge in [0.05, 0.1) is 0 Å². The molecule has 1 fully saturated rings. The van der Waals surface area contributed by atoms with Gasteiger partial charge in [0.25, 0.3) is 5.91 Å². The van der Waals surface area contributed by atoms with Crippen LogP contribution in [0.3, 0.4) is 0 Å². The van der Waals surface area contributed by atoms with Gasteiger partial charge in [-0.3, -0.25) is 4.79 Å². The Bertz CT molecular complexity index is 934. The number of nitrogens with zero attached hydrogens (tertiary/aromatic N) is 1. The van der Waals surface area contributed by atoms with Crippen LogP contribution >= 0.6 is 0 Å². The van der Waals surface area contributed by atoms with Crippen LogP contribution in [0.5, 0.6) is 5.75 Å². The van der Waals surface area contributed by atoms with Gasteiger partial charge in [-0.25, -0.2) is 4.79 Å². The number of ether oxygens (including phenoxy) is 2. The lowest BCUT2D eigenvalue weighted by Gasteiger charge is -2.33. The fourth-order valence-corrected chi connectivity index (χ4v) is 3.35. The van der Waals surface area contributed by atoms with Crippen LogP contribution in [0.4, 0.5) is 18.0 Å². The van der Waals surface area contributed by atoms with Gasteiger partial charge in [-0.1, -0.05) is 0 Å². The van der Waals surface area contributed by atoms with Gasteiger partial charge in [-0.2, -0.15) is 0 Å². The lowest BCUT2D eigenvalue weighted by molar-refractivity contribution is -0.274. The van der Waals surface area contributed by atoms with Crippen LogP contribution in [0.15, 0.2) is 24.3 Å². The van der Waals surface area contributed by atoms with E-state index >= 15 is 0 Å². The minimum absolute atomic E-state index is 0.242. The van der Waals surface area contributed by atoms with Crippen molar-refractivity contribution in [3.05, 3.63) is 30.0 Å². The second-order valence-electron chi connectivity index (χ2n) is 8.22. The summed E-state index contributed by atoms with van der Waals surface area (Å²) in [5.74, 6) is -0.646. The maximum Gasteiger partial charge on any atom is 0.573 e. The first-order valence-electron chi connectivity index (χ1n) is 9.57. The monoisotopic (exact) mass is 427 g/mol. The molecule has 2 aromatic rings. The summed E-state index contributed by atoms with van der Waals surface area (Å²) in [6.07, 6.45) is -3.90. The molecule has 3 rings (SSSR count). The van der Waals surface area contributed by atoms with Crippen molar-refractivity contribution in [2.45, 2.75) is 51.6 Å². The van der Waals surface area contributed by atoms with Crippen molar-refractivity contribution in [3.63, 3.8) is 0 Å². The number of piperidine rings is 1. The Morgan fingerprint density at radius 3 is 2.60 bits per heavy atom. The van der Waals surface area contributed by atoms with E-state index in [4.69, 9.17) is 4.74 Å². The first kappa shape index (κ1) is 21.8. The zero-order valence-corrected chi connectivity index (χ0v) is 16.9. The molecule has 1 aromatic heterocycles. The molecule has 1 aromatic carbocycles. The van der Waals surface area contributed by atoms with Crippen LogP contribution in [0.25, 0.3) is 10.9 Å².